The Balaban J connectivity index is 1.83. The summed E-state index contributed by atoms with van der Waals surface area (Å²) in [7, 11) is 0. The number of carbonyl (C=O) groups excluding carboxylic acids is 2. The van der Waals surface area contributed by atoms with Gasteiger partial charge in [0.05, 0.1) is 6.04 Å². The first-order valence-electron chi connectivity index (χ1n) is 7.66. The Labute approximate surface area is 115 Å². The van der Waals surface area contributed by atoms with Crippen LogP contribution in [0.4, 0.5) is 0 Å². The van der Waals surface area contributed by atoms with Gasteiger partial charge in [-0.15, -0.1) is 0 Å². The van der Waals surface area contributed by atoms with Crippen LogP contribution in [-0.2, 0) is 9.59 Å². The van der Waals surface area contributed by atoms with E-state index in [1.54, 1.807) is 0 Å². The normalized spacial score (nSPS) is 33.1. The number of amides is 2. The molecule has 1 aliphatic carbocycles. The van der Waals surface area contributed by atoms with Gasteiger partial charge in [0.2, 0.25) is 11.8 Å². The van der Waals surface area contributed by atoms with Gasteiger partial charge < -0.3 is 5.32 Å². The molecule has 1 saturated heterocycles. The zero-order chi connectivity index (χ0) is 13.8. The highest BCUT2D eigenvalue weighted by atomic mass is 16.2. The molecule has 2 N–H and O–H groups in total. The minimum atomic E-state index is -0.168. The summed E-state index contributed by atoms with van der Waals surface area (Å²) in [5, 5.41) is 5.88. The Morgan fingerprint density at radius 2 is 1.89 bits per heavy atom. The van der Waals surface area contributed by atoms with Crippen molar-refractivity contribution in [3.63, 3.8) is 0 Å². The van der Waals surface area contributed by atoms with Crippen LogP contribution >= 0.6 is 0 Å². The predicted octanol–water partition coefficient (Wildman–Crippen LogP) is 1.99. The standard InChI is InChI=1S/C15H26N2O2/c1-10(2)11-4-3-5-12(7-6-11)16-13-8-9-14(18)17-15(13)19/h10-13,16H,3-9H2,1-2H3,(H,17,18,19). The van der Waals surface area contributed by atoms with Crippen LogP contribution in [0.3, 0.4) is 0 Å². The Bertz CT molecular complexity index is 341. The number of hydrogen-bond acceptors (Lipinski definition) is 3. The Morgan fingerprint density at radius 1 is 1.11 bits per heavy atom. The van der Waals surface area contributed by atoms with Crippen molar-refractivity contribution in [1.82, 2.24) is 10.6 Å². The van der Waals surface area contributed by atoms with Gasteiger partial charge >= 0.3 is 0 Å². The van der Waals surface area contributed by atoms with E-state index >= 15 is 0 Å². The summed E-state index contributed by atoms with van der Waals surface area (Å²) in [6, 6.07) is 0.269. The highest BCUT2D eigenvalue weighted by Crippen LogP contribution is 2.29. The highest BCUT2D eigenvalue weighted by molar-refractivity contribution is 6.00. The fraction of sp³-hybridized carbons (Fsp3) is 0.867. The number of imide groups is 1. The van der Waals surface area contributed by atoms with Gasteiger partial charge in [0, 0.05) is 12.5 Å². The van der Waals surface area contributed by atoms with E-state index in [9.17, 15) is 9.59 Å². The molecule has 2 amide bonds. The van der Waals surface area contributed by atoms with Crippen molar-refractivity contribution in [2.45, 2.75) is 70.9 Å². The van der Waals surface area contributed by atoms with Gasteiger partial charge in [-0.1, -0.05) is 26.7 Å². The number of piperidine rings is 1. The van der Waals surface area contributed by atoms with E-state index in [1.807, 2.05) is 0 Å². The smallest absolute Gasteiger partial charge is 0.243 e. The summed E-state index contributed by atoms with van der Waals surface area (Å²) in [6.45, 7) is 4.61. The fourth-order valence-electron chi connectivity index (χ4n) is 3.30. The van der Waals surface area contributed by atoms with Crippen molar-refractivity contribution < 1.29 is 9.59 Å². The number of rotatable bonds is 3. The molecule has 108 valence electrons. The molecule has 19 heavy (non-hydrogen) atoms. The molecule has 2 aliphatic rings. The van der Waals surface area contributed by atoms with Crippen molar-refractivity contribution in [1.29, 1.82) is 0 Å². The lowest BCUT2D eigenvalue weighted by molar-refractivity contribution is -0.134. The monoisotopic (exact) mass is 266 g/mol. The van der Waals surface area contributed by atoms with E-state index < -0.39 is 0 Å². The average molecular weight is 266 g/mol. The molecule has 0 radical (unpaired) electrons. The molecule has 1 aliphatic heterocycles. The second-order valence-electron chi connectivity index (χ2n) is 6.38. The lowest BCUT2D eigenvalue weighted by atomic mass is 9.89. The molecule has 1 saturated carbocycles. The Morgan fingerprint density at radius 3 is 2.58 bits per heavy atom. The molecule has 2 rings (SSSR count). The minimum absolute atomic E-state index is 0.135. The predicted molar refractivity (Wildman–Crippen MR) is 74.5 cm³/mol. The van der Waals surface area contributed by atoms with Crippen molar-refractivity contribution in [3.05, 3.63) is 0 Å². The third-order valence-corrected chi connectivity index (χ3v) is 4.63. The molecule has 1 heterocycles. The lowest BCUT2D eigenvalue weighted by Gasteiger charge is -2.27. The molecule has 0 bridgehead atoms. The molecular formula is C15H26N2O2. The molecule has 3 atom stereocenters. The molecule has 0 spiro atoms. The van der Waals surface area contributed by atoms with E-state index in [1.165, 1.54) is 19.3 Å². The molecule has 2 fully saturated rings. The van der Waals surface area contributed by atoms with Crippen LogP contribution in [0.1, 0.15) is 58.8 Å². The van der Waals surface area contributed by atoms with Crippen molar-refractivity contribution in [3.8, 4) is 0 Å². The summed E-state index contributed by atoms with van der Waals surface area (Å²) in [6.07, 6.45) is 7.22. The summed E-state index contributed by atoms with van der Waals surface area (Å²) in [5.41, 5.74) is 0. The van der Waals surface area contributed by atoms with Crippen molar-refractivity contribution >= 4 is 11.8 Å². The van der Waals surface area contributed by atoms with Gasteiger partial charge in [-0.2, -0.15) is 0 Å². The van der Waals surface area contributed by atoms with Gasteiger partial charge in [0.25, 0.3) is 0 Å². The fourth-order valence-corrected chi connectivity index (χ4v) is 3.30. The third-order valence-electron chi connectivity index (χ3n) is 4.63. The van der Waals surface area contributed by atoms with Crippen LogP contribution in [0, 0.1) is 11.8 Å². The minimum Gasteiger partial charge on any atom is -0.303 e. The maximum atomic E-state index is 11.7. The van der Waals surface area contributed by atoms with Crippen LogP contribution in [-0.4, -0.2) is 23.9 Å². The number of nitrogens with one attached hydrogen (secondary N) is 2. The Kier molecular flexibility index (Phi) is 4.97. The van der Waals surface area contributed by atoms with Crippen molar-refractivity contribution in [2.24, 2.45) is 11.8 Å². The molecular weight excluding hydrogens is 240 g/mol. The zero-order valence-electron chi connectivity index (χ0n) is 12.1. The van der Waals surface area contributed by atoms with E-state index in [0.29, 0.717) is 18.9 Å². The highest BCUT2D eigenvalue weighted by Gasteiger charge is 2.29. The number of carbonyl (C=O) groups is 2. The maximum Gasteiger partial charge on any atom is 0.243 e. The van der Waals surface area contributed by atoms with Gasteiger partial charge in [0.1, 0.15) is 0 Å². The first kappa shape index (κ1) is 14.5. The van der Waals surface area contributed by atoms with E-state index in [4.69, 9.17) is 0 Å². The quantitative estimate of drug-likeness (QED) is 0.606. The first-order valence-corrected chi connectivity index (χ1v) is 7.66. The molecule has 0 aromatic heterocycles. The van der Waals surface area contributed by atoms with Crippen LogP contribution in [0.2, 0.25) is 0 Å². The van der Waals surface area contributed by atoms with Crippen LogP contribution < -0.4 is 10.6 Å². The second-order valence-corrected chi connectivity index (χ2v) is 6.38. The maximum absolute atomic E-state index is 11.7. The summed E-state index contributed by atoms with van der Waals surface area (Å²) >= 11 is 0. The van der Waals surface area contributed by atoms with Crippen LogP contribution in [0.15, 0.2) is 0 Å². The zero-order valence-corrected chi connectivity index (χ0v) is 12.1. The van der Waals surface area contributed by atoms with Crippen molar-refractivity contribution in [2.75, 3.05) is 0 Å². The average Bonchev–Trinajstić information content (AvgIpc) is 2.58. The first-order chi connectivity index (χ1) is 9.06. The van der Waals surface area contributed by atoms with E-state index in [2.05, 4.69) is 24.5 Å². The van der Waals surface area contributed by atoms with Crippen LogP contribution in [0.5, 0.6) is 0 Å². The lowest BCUT2D eigenvalue weighted by Crippen LogP contribution is -2.53. The molecule has 3 unspecified atom stereocenters. The van der Waals surface area contributed by atoms with Gasteiger partial charge in [-0.05, 0) is 37.5 Å². The number of hydrogen-bond donors (Lipinski definition) is 2. The molecule has 0 aromatic rings. The third kappa shape index (κ3) is 4.03. The van der Waals surface area contributed by atoms with E-state index in [0.717, 1.165) is 24.7 Å². The SMILES string of the molecule is CC(C)C1CCCC(NC2CCC(=O)NC2=O)CC1. The van der Waals surface area contributed by atoms with Crippen LogP contribution in [0.25, 0.3) is 0 Å². The Hall–Kier alpha value is -0.900. The van der Waals surface area contributed by atoms with Gasteiger partial charge in [0.15, 0.2) is 0 Å². The van der Waals surface area contributed by atoms with E-state index in [-0.39, 0.29) is 17.9 Å². The summed E-state index contributed by atoms with van der Waals surface area (Å²) in [5.74, 6) is 1.31. The topological polar surface area (TPSA) is 58.2 Å². The second kappa shape index (κ2) is 6.51. The summed E-state index contributed by atoms with van der Waals surface area (Å²) in [4.78, 5) is 22.9. The van der Waals surface area contributed by atoms with Gasteiger partial charge in [-0.25, -0.2) is 0 Å². The molecule has 4 heteroatoms. The largest absolute Gasteiger partial charge is 0.303 e. The molecule has 4 nitrogen and oxygen atoms in total. The molecule has 0 aromatic carbocycles. The van der Waals surface area contributed by atoms with Gasteiger partial charge in [-0.3, -0.25) is 14.9 Å². The summed E-state index contributed by atoms with van der Waals surface area (Å²) < 4.78 is 0.